The van der Waals surface area contributed by atoms with Gasteiger partial charge in [0.2, 0.25) is 0 Å². The van der Waals surface area contributed by atoms with Crippen LogP contribution in [0, 0.1) is 11.7 Å². The van der Waals surface area contributed by atoms with Crippen LogP contribution in [0.3, 0.4) is 0 Å². The normalized spacial score (nSPS) is 28.3. The van der Waals surface area contributed by atoms with Crippen LogP contribution in [-0.2, 0) is 4.74 Å². The largest absolute Gasteiger partial charge is 0.378 e. The van der Waals surface area contributed by atoms with Crippen LogP contribution in [0.4, 0.5) is 4.39 Å². The Morgan fingerprint density at radius 1 is 0.944 bits per heavy atom. The highest BCUT2D eigenvalue weighted by molar-refractivity contribution is 5.20. The van der Waals surface area contributed by atoms with Gasteiger partial charge in [0.15, 0.2) is 0 Å². The number of hydrogen-bond donors (Lipinski definition) is 0. The fraction of sp³-hybridized carbons (Fsp3) is 0.625. The Hall–Kier alpha value is -0.890. The van der Waals surface area contributed by atoms with Crippen LogP contribution < -0.4 is 0 Å². The zero-order valence-electron chi connectivity index (χ0n) is 10.8. The molecule has 0 heterocycles. The van der Waals surface area contributed by atoms with Crippen LogP contribution in [0.15, 0.2) is 24.3 Å². The van der Waals surface area contributed by atoms with E-state index < -0.39 is 0 Å². The van der Waals surface area contributed by atoms with E-state index in [4.69, 9.17) is 4.74 Å². The highest BCUT2D eigenvalue weighted by Gasteiger charge is 2.26. The molecule has 2 heteroatoms. The standard InChI is InChI=1S/C16H21FO/c17-15-7-3-13(4-8-15)14-5-9-16(10-6-14)18-11-12-1-2-12/h3-4,7-8,12,14,16H,1-2,5-6,9-11H2. The molecule has 0 N–H and O–H groups in total. The van der Waals surface area contributed by atoms with E-state index >= 15 is 0 Å². The van der Waals surface area contributed by atoms with Crippen LogP contribution >= 0.6 is 0 Å². The molecule has 0 amide bonds. The van der Waals surface area contributed by atoms with Crippen molar-refractivity contribution in [3.8, 4) is 0 Å². The monoisotopic (exact) mass is 248 g/mol. The zero-order valence-corrected chi connectivity index (χ0v) is 10.8. The molecule has 0 aromatic heterocycles. The van der Waals surface area contributed by atoms with Gasteiger partial charge in [-0.2, -0.15) is 0 Å². The first kappa shape index (κ1) is 12.2. The van der Waals surface area contributed by atoms with Gasteiger partial charge in [0.05, 0.1) is 6.10 Å². The fourth-order valence-corrected chi connectivity index (χ4v) is 2.85. The molecule has 1 nitrogen and oxygen atoms in total. The lowest BCUT2D eigenvalue weighted by Crippen LogP contribution is -2.21. The van der Waals surface area contributed by atoms with Crippen molar-refractivity contribution in [3.63, 3.8) is 0 Å². The minimum absolute atomic E-state index is 0.139. The van der Waals surface area contributed by atoms with E-state index in [-0.39, 0.29) is 5.82 Å². The molecule has 2 aliphatic rings. The quantitative estimate of drug-likeness (QED) is 0.772. The first-order chi connectivity index (χ1) is 8.81. The van der Waals surface area contributed by atoms with Crippen molar-refractivity contribution in [2.75, 3.05) is 6.61 Å². The molecule has 0 spiro atoms. The van der Waals surface area contributed by atoms with Crippen molar-refractivity contribution in [3.05, 3.63) is 35.6 Å². The summed E-state index contributed by atoms with van der Waals surface area (Å²) in [6, 6.07) is 7.02. The molecule has 98 valence electrons. The third kappa shape index (κ3) is 3.11. The minimum Gasteiger partial charge on any atom is -0.378 e. The topological polar surface area (TPSA) is 9.23 Å². The van der Waals surface area contributed by atoms with Gasteiger partial charge in [-0.15, -0.1) is 0 Å². The summed E-state index contributed by atoms with van der Waals surface area (Å²) in [7, 11) is 0. The molecule has 1 aromatic rings. The fourth-order valence-electron chi connectivity index (χ4n) is 2.85. The average Bonchev–Trinajstić information content (AvgIpc) is 3.22. The summed E-state index contributed by atoms with van der Waals surface area (Å²) >= 11 is 0. The number of halogens is 1. The first-order valence-corrected chi connectivity index (χ1v) is 7.18. The van der Waals surface area contributed by atoms with Crippen LogP contribution in [0.1, 0.15) is 50.0 Å². The molecule has 0 unspecified atom stereocenters. The molecule has 0 radical (unpaired) electrons. The van der Waals surface area contributed by atoms with E-state index in [1.165, 1.54) is 31.2 Å². The Labute approximate surface area is 108 Å². The van der Waals surface area contributed by atoms with Gasteiger partial charge in [0.1, 0.15) is 5.82 Å². The van der Waals surface area contributed by atoms with Crippen LogP contribution in [0.25, 0.3) is 0 Å². The zero-order chi connectivity index (χ0) is 12.4. The Morgan fingerprint density at radius 3 is 2.22 bits per heavy atom. The summed E-state index contributed by atoms with van der Waals surface area (Å²) < 4.78 is 18.8. The van der Waals surface area contributed by atoms with E-state index in [2.05, 4.69) is 0 Å². The smallest absolute Gasteiger partial charge is 0.123 e. The Balaban J connectivity index is 1.48. The van der Waals surface area contributed by atoms with Crippen molar-refractivity contribution < 1.29 is 9.13 Å². The lowest BCUT2D eigenvalue weighted by molar-refractivity contribution is 0.0186. The number of ether oxygens (including phenoxy) is 1. The van der Waals surface area contributed by atoms with Crippen molar-refractivity contribution in [1.29, 1.82) is 0 Å². The van der Waals surface area contributed by atoms with Gasteiger partial charge in [-0.1, -0.05) is 12.1 Å². The van der Waals surface area contributed by atoms with Crippen molar-refractivity contribution in [2.24, 2.45) is 5.92 Å². The van der Waals surface area contributed by atoms with Crippen molar-refractivity contribution in [2.45, 2.75) is 50.5 Å². The van der Waals surface area contributed by atoms with Crippen molar-refractivity contribution >= 4 is 0 Å². The maximum absolute atomic E-state index is 12.9. The minimum atomic E-state index is -0.139. The molecule has 0 atom stereocenters. The van der Waals surface area contributed by atoms with Crippen molar-refractivity contribution in [1.82, 2.24) is 0 Å². The van der Waals surface area contributed by atoms with Crippen LogP contribution in [-0.4, -0.2) is 12.7 Å². The Kier molecular flexibility index (Phi) is 3.64. The van der Waals surface area contributed by atoms with Gasteiger partial charge >= 0.3 is 0 Å². The summed E-state index contributed by atoms with van der Waals surface area (Å²) in [4.78, 5) is 0. The molecular weight excluding hydrogens is 227 g/mol. The number of benzene rings is 1. The molecule has 0 bridgehead atoms. The SMILES string of the molecule is Fc1ccc(C2CCC(OCC3CC3)CC2)cc1. The summed E-state index contributed by atoms with van der Waals surface area (Å²) in [6.07, 6.45) is 7.89. The second-order valence-electron chi connectivity index (χ2n) is 5.80. The Morgan fingerprint density at radius 2 is 1.61 bits per heavy atom. The maximum atomic E-state index is 12.9. The van der Waals surface area contributed by atoms with E-state index in [0.717, 1.165) is 25.4 Å². The molecule has 0 saturated heterocycles. The van der Waals surface area contributed by atoms with Gasteiger partial charge in [0.25, 0.3) is 0 Å². The van der Waals surface area contributed by atoms with E-state index in [9.17, 15) is 4.39 Å². The highest BCUT2D eigenvalue weighted by Crippen LogP contribution is 2.35. The maximum Gasteiger partial charge on any atom is 0.123 e. The molecule has 0 aliphatic heterocycles. The van der Waals surface area contributed by atoms with E-state index in [1.54, 1.807) is 12.1 Å². The van der Waals surface area contributed by atoms with Gasteiger partial charge in [-0.3, -0.25) is 0 Å². The third-order valence-electron chi connectivity index (χ3n) is 4.28. The molecule has 18 heavy (non-hydrogen) atoms. The molecule has 2 fully saturated rings. The van der Waals surface area contributed by atoms with E-state index in [1.807, 2.05) is 12.1 Å². The number of rotatable bonds is 4. The van der Waals surface area contributed by atoms with Crippen LogP contribution in [0.2, 0.25) is 0 Å². The third-order valence-corrected chi connectivity index (χ3v) is 4.28. The molecule has 3 rings (SSSR count). The summed E-state index contributed by atoms with van der Waals surface area (Å²) in [6.45, 7) is 0.978. The summed E-state index contributed by atoms with van der Waals surface area (Å²) in [5.74, 6) is 1.33. The summed E-state index contributed by atoms with van der Waals surface area (Å²) in [5, 5.41) is 0. The highest BCUT2D eigenvalue weighted by atomic mass is 19.1. The first-order valence-electron chi connectivity index (χ1n) is 7.18. The lowest BCUT2D eigenvalue weighted by Gasteiger charge is -2.28. The number of hydrogen-bond acceptors (Lipinski definition) is 1. The molecule has 2 aliphatic carbocycles. The predicted molar refractivity (Wildman–Crippen MR) is 70.1 cm³/mol. The Bertz CT molecular complexity index is 375. The van der Waals surface area contributed by atoms with Gasteiger partial charge in [-0.05, 0) is 68.1 Å². The van der Waals surface area contributed by atoms with E-state index in [0.29, 0.717) is 12.0 Å². The lowest BCUT2D eigenvalue weighted by atomic mass is 9.83. The van der Waals surface area contributed by atoms with Gasteiger partial charge in [0, 0.05) is 6.61 Å². The second-order valence-corrected chi connectivity index (χ2v) is 5.80. The molecule has 1 aromatic carbocycles. The average molecular weight is 248 g/mol. The summed E-state index contributed by atoms with van der Waals surface area (Å²) in [5.41, 5.74) is 1.29. The molecular formula is C16H21FO. The van der Waals surface area contributed by atoms with Gasteiger partial charge < -0.3 is 4.74 Å². The van der Waals surface area contributed by atoms with Crippen LogP contribution in [0.5, 0.6) is 0 Å². The van der Waals surface area contributed by atoms with Gasteiger partial charge in [-0.25, -0.2) is 4.39 Å². The predicted octanol–water partition coefficient (Wildman–Crippen LogP) is 4.28. The second kappa shape index (κ2) is 5.40. The molecule has 2 saturated carbocycles.